The summed E-state index contributed by atoms with van der Waals surface area (Å²) in [4.78, 5) is 22.5. The quantitative estimate of drug-likeness (QED) is 0.672. The van der Waals surface area contributed by atoms with Crippen LogP contribution in [-0.2, 0) is 0 Å². The predicted molar refractivity (Wildman–Crippen MR) is 80.0 cm³/mol. The summed E-state index contributed by atoms with van der Waals surface area (Å²) in [7, 11) is 1.38. The Balaban J connectivity index is 2.59. The summed E-state index contributed by atoms with van der Waals surface area (Å²) in [6.45, 7) is 0.594. The lowest BCUT2D eigenvalue weighted by molar-refractivity contribution is 0.0693. The van der Waals surface area contributed by atoms with Gasteiger partial charge in [-0.3, -0.25) is 0 Å². The van der Waals surface area contributed by atoms with Crippen molar-refractivity contribution in [3.05, 3.63) is 23.8 Å². The molecule has 0 fully saturated rings. The molecule has 3 N–H and O–H groups in total. The minimum absolute atomic E-state index is 0.0541. The van der Waals surface area contributed by atoms with Crippen molar-refractivity contribution < 1.29 is 19.4 Å². The van der Waals surface area contributed by atoms with Crippen molar-refractivity contribution in [3.8, 4) is 5.75 Å². The summed E-state index contributed by atoms with van der Waals surface area (Å²) in [6.07, 6.45) is 2.91. The molecule has 1 rings (SSSR count). The third kappa shape index (κ3) is 5.00. The lowest BCUT2D eigenvalue weighted by atomic mass is 10.2. The Morgan fingerprint density at radius 2 is 2.15 bits per heavy atom. The topological polar surface area (TPSA) is 87.7 Å². The van der Waals surface area contributed by atoms with Crippen LogP contribution in [0.2, 0.25) is 0 Å². The van der Waals surface area contributed by atoms with Crippen molar-refractivity contribution in [2.45, 2.75) is 6.42 Å². The minimum Gasteiger partial charge on any atom is -0.496 e. The van der Waals surface area contributed by atoms with Gasteiger partial charge >= 0.3 is 12.0 Å². The van der Waals surface area contributed by atoms with Gasteiger partial charge in [0.1, 0.15) is 11.3 Å². The number of methoxy groups -OCH3 is 1. The van der Waals surface area contributed by atoms with Gasteiger partial charge < -0.3 is 20.5 Å². The summed E-state index contributed by atoms with van der Waals surface area (Å²) in [5, 5.41) is 14.3. The first kappa shape index (κ1) is 16.2. The number of hydrogen-bond acceptors (Lipinski definition) is 4. The predicted octanol–water partition coefficient (Wildman–Crippen LogP) is 2.27. The number of rotatable bonds is 7. The van der Waals surface area contributed by atoms with Crippen LogP contribution in [0.3, 0.4) is 0 Å². The summed E-state index contributed by atoms with van der Waals surface area (Å²) < 4.78 is 4.99. The van der Waals surface area contributed by atoms with Gasteiger partial charge in [0.2, 0.25) is 0 Å². The molecule has 0 saturated carbocycles. The number of aromatic carboxylic acids is 1. The molecule has 7 heteroatoms. The largest absolute Gasteiger partial charge is 0.496 e. The second-order valence-corrected chi connectivity index (χ2v) is 4.93. The molecule has 0 aromatic heterocycles. The van der Waals surface area contributed by atoms with Crippen LogP contribution in [0.25, 0.3) is 0 Å². The van der Waals surface area contributed by atoms with Crippen LogP contribution in [0.4, 0.5) is 10.5 Å². The van der Waals surface area contributed by atoms with Crippen molar-refractivity contribution in [2.24, 2.45) is 0 Å². The number of benzene rings is 1. The molecule has 0 radical (unpaired) electrons. The van der Waals surface area contributed by atoms with Gasteiger partial charge in [-0.25, -0.2) is 9.59 Å². The molecule has 110 valence electrons. The molecule has 20 heavy (non-hydrogen) atoms. The second-order valence-electron chi connectivity index (χ2n) is 3.95. The number of carboxylic acid groups (broad SMARTS) is 1. The number of urea groups is 1. The normalized spacial score (nSPS) is 9.90. The van der Waals surface area contributed by atoms with E-state index in [-0.39, 0.29) is 17.3 Å². The Morgan fingerprint density at radius 1 is 1.40 bits per heavy atom. The Morgan fingerprint density at radius 3 is 2.75 bits per heavy atom. The fraction of sp³-hybridized carbons (Fsp3) is 0.385. The van der Waals surface area contributed by atoms with Crippen molar-refractivity contribution in [1.82, 2.24) is 5.32 Å². The summed E-state index contributed by atoms with van der Waals surface area (Å²) in [5.41, 5.74) is 0.535. The van der Waals surface area contributed by atoms with Gasteiger partial charge in [-0.15, -0.1) is 0 Å². The zero-order valence-corrected chi connectivity index (χ0v) is 12.3. The number of hydrogen-bond donors (Lipinski definition) is 3. The molecular formula is C13H18N2O4S. The van der Waals surface area contributed by atoms with Gasteiger partial charge in [0.05, 0.1) is 7.11 Å². The summed E-state index contributed by atoms with van der Waals surface area (Å²) >= 11 is 1.72. The SMILES string of the molecule is COc1cc(NC(=O)NCCCSC)ccc1C(=O)O. The van der Waals surface area contributed by atoms with Crippen molar-refractivity contribution >= 4 is 29.4 Å². The lowest BCUT2D eigenvalue weighted by Gasteiger charge is -2.10. The Hall–Kier alpha value is -1.89. The third-order valence-electron chi connectivity index (χ3n) is 2.50. The van der Waals surface area contributed by atoms with E-state index in [0.29, 0.717) is 12.2 Å². The molecule has 0 saturated heterocycles. The molecule has 0 aliphatic rings. The minimum atomic E-state index is -1.07. The average molecular weight is 298 g/mol. The van der Waals surface area contributed by atoms with Gasteiger partial charge in [-0.2, -0.15) is 11.8 Å². The molecule has 0 aliphatic carbocycles. The fourth-order valence-corrected chi connectivity index (χ4v) is 1.97. The number of amides is 2. The highest BCUT2D eigenvalue weighted by atomic mass is 32.2. The van der Waals surface area contributed by atoms with Crippen molar-refractivity contribution in [2.75, 3.05) is 31.0 Å². The Labute approximate surface area is 121 Å². The van der Waals surface area contributed by atoms with Crippen LogP contribution in [0.1, 0.15) is 16.8 Å². The van der Waals surface area contributed by atoms with Gasteiger partial charge in [-0.1, -0.05) is 0 Å². The Kier molecular flexibility index (Phi) is 6.72. The van der Waals surface area contributed by atoms with E-state index < -0.39 is 5.97 Å². The summed E-state index contributed by atoms with van der Waals surface area (Å²) in [5.74, 6) is 0.120. The standard InChI is InChI=1S/C13H18N2O4S/c1-19-11-8-9(4-5-10(11)12(16)17)15-13(18)14-6-3-7-20-2/h4-5,8H,3,6-7H2,1-2H3,(H,16,17)(H2,14,15,18). The zero-order valence-electron chi connectivity index (χ0n) is 11.4. The molecule has 0 bridgehead atoms. The number of carbonyl (C=O) groups excluding carboxylic acids is 1. The third-order valence-corrected chi connectivity index (χ3v) is 3.20. The van der Waals surface area contributed by atoms with Crippen molar-refractivity contribution in [1.29, 1.82) is 0 Å². The molecule has 1 aromatic rings. The number of anilines is 1. The van der Waals surface area contributed by atoms with E-state index >= 15 is 0 Å². The molecule has 0 heterocycles. The maximum absolute atomic E-state index is 11.6. The van der Waals surface area contributed by atoms with Crippen molar-refractivity contribution in [3.63, 3.8) is 0 Å². The number of carbonyl (C=O) groups is 2. The van der Waals surface area contributed by atoms with E-state index in [2.05, 4.69) is 10.6 Å². The molecule has 6 nitrogen and oxygen atoms in total. The van der Waals surface area contributed by atoms with Gasteiger partial charge in [0.25, 0.3) is 0 Å². The van der Waals surface area contributed by atoms with E-state index in [4.69, 9.17) is 9.84 Å². The van der Waals surface area contributed by atoms with Crippen LogP contribution >= 0.6 is 11.8 Å². The molecular weight excluding hydrogens is 280 g/mol. The smallest absolute Gasteiger partial charge is 0.339 e. The lowest BCUT2D eigenvalue weighted by Crippen LogP contribution is -2.29. The number of thioether (sulfide) groups is 1. The average Bonchev–Trinajstić information content (AvgIpc) is 2.43. The molecule has 2 amide bonds. The maximum atomic E-state index is 11.6. The van der Waals surface area contributed by atoms with E-state index in [1.54, 1.807) is 11.8 Å². The van der Waals surface area contributed by atoms with Gasteiger partial charge in [-0.05, 0) is 30.6 Å². The molecule has 0 aliphatic heterocycles. The van der Waals surface area contributed by atoms with Crippen LogP contribution in [0.15, 0.2) is 18.2 Å². The van der Waals surface area contributed by atoms with E-state index in [0.717, 1.165) is 12.2 Å². The van der Waals surface area contributed by atoms with Gasteiger partial charge in [0.15, 0.2) is 0 Å². The van der Waals surface area contributed by atoms with Crippen LogP contribution in [0.5, 0.6) is 5.75 Å². The fourth-order valence-electron chi connectivity index (χ4n) is 1.54. The number of ether oxygens (including phenoxy) is 1. The van der Waals surface area contributed by atoms with Crippen LogP contribution in [0, 0.1) is 0 Å². The van der Waals surface area contributed by atoms with Gasteiger partial charge in [0, 0.05) is 18.3 Å². The number of nitrogens with one attached hydrogen (secondary N) is 2. The van der Waals surface area contributed by atoms with E-state index in [1.807, 2.05) is 6.26 Å². The first-order valence-corrected chi connectivity index (χ1v) is 7.43. The first-order chi connectivity index (χ1) is 9.58. The molecule has 1 aromatic carbocycles. The first-order valence-electron chi connectivity index (χ1n) is 6.03. The monoisotopic (exact) mass is 298 g/mol. The molecule has 0 unspecified atom stereocenters. The highest BCUT2D eigenvalue weighted by Gasteiger charge is 2.12. The molecule has 0 spiro atoms. The van der Waals surface area contributed by atoms with Crippen LogP contribution in [-0.4, -0.2) is 42.8 Å². The van der Waals surface area contributed by atoms with E-state index in [1.165, 1.54) is 25.3 Å². The highest BCUT2D eigenvalue weighted by molar-refractivity contribution is 7.98. The van der Waals surface area contributed by atoms with Crippen LogP contribution < -0.4 is 15.4 Å². The number of carboxylic acids is 1. The molecule has 0 atom stereocenters. The second kappa shape index (κ2) is 8.31. The Bertz CT molecular complexity index is 479. The summed E-state index contributed by atoms with van der Waals surface area (Å²) in [6, 6.07) is 4.07. The maximum Gasteiger partial charge on any atom is 0.339 e. The zero-order chi connectivity index (χ0) is 15.0. The highest BCUT2D eigenvalue weighted by Crippen LogP contribution is 2.23. The van der Waals surface area contributed by atoms with E-state index in [9.17, 15) is 9.59 Å².